The van der Waals surface area contributed by atoms with E-state index in [0.717, 1.165) is 19.3 Å². The zero-order valence-electron chi connectivity index (χ0n) is 23.5. The van der Waals surface area contributed by atoms with Crippen molar-refractivity contribution in [3.63, 3.8) is 0 Å². The van der Waals surface area contributed by atoms with Crippen molar-refractivity contribution in [2.45, 2.75) is 146 Å². The predicted octanol–water partition coefficient (Wildman–Crippen LogP) is 3.64. The smallest absolute Gasteiger partial charge is 0.463 e. The summed E-state index contributed by atoms with van der Waals surface area (Å²) in [7, 11) is -2.88. The van der Waals surface area contributed by atoms with Crippen LogP contribution in [0, 0.1) is 0 Å². The van der Waals surface area contributed by atoms with Crippen LogP contribution >= 0.6 is 8.25 Å². The fraction of sp³-hybridized carbons (Fsp3) is 0.963. The zero-order chi connectivity index (χ0) is 28.9. The highest BCUT2D eigenvalue weighted by molar-refractivity contribution is 7.33. The fourth-order valence-corrected chi connectivity index (χ4v) is 5.07. The Morgan fingerprint density at radius 2 is 1.31 bits per heavy atom. The largest absolute Gasteiger partial charge is 0.700 e. The van der Waals surface area contributed by atoms with Crippen molar-refractivity contribution < 1.29 is 53.4 Å². The van der Waals surface area contributed by atoms with Gasteiger partial charge in [0.05, 0.1) is 6.61 Å². The Kier molecular flexibility index (Phi) is 21.3. The highest BCUT2D eigenvalue weighted by atomic mass is 31.1. The number of hydrogen-bond acceptors (Lipinski definition) is 11. The third-order valence-corrected chi connectivity index (χ3v) is 7.57. The number of esters is 1. The van der Waals surface area contributed by atoms with Crippen LogP contribution in [0.25, 0.3) is 0 Å². The Labute approximate surface area is 234 Å². The minimum Gasteiger partial charge on any atom is -0.463 e. The van der Waals surface area contributed by atoms with E-state index in [2.05, 4.69) is 6.92 Å². The molecule has 5 N–H and O–H groups in total. The van der Waals surface area contributed by atoms with E-state index in [1.807, 2.05) is 0 Å². The van der Waals surface area contributed by atoms with Gasteiger partial charge in [-0.25, -0.2) is 0 Å². The number of aliphatic hydroxyl groups excluding tert-OH is 5. The van der Waals surface area contributed by atoms with Gasteiger partial charge in [-0.05, 0) is 6.42 Å². The van der Waals surface area contributed by atoms with Crippen molar-refractivity contribution in [1.82, 2.24) is 0 Å². The maximum atomic E-state index is 11.9. The molecule has 0 aromatic heterocycles. The SMILES string of the molecule is CCCCCCCCCCCCCCCCCC(=O)OC[C@@H](O)CO[P+](=O)O[C@@H]1O[C@H](CO)[C@@H](O)[C@H](O)[C@H]1O. The second kappa shape index (κ2) is 22.9. The summed E-state index contributed by atoms with van der Waals surface area (Å²) >= 11 is 0. The third-order valence-electron chi connectivity index (χ3n) is 6.83. The second-order valence-corrected chi connectivity index (χ2v) is 11.3. The van der Waals surface area contributed by atoms with Gasteiger partial charge < -0.3 is 35.0 Å². The quantitative estimate of drug-likeness (QED) is 0.0638. The predicted molar refractivity (Wildman–Crippen MR) is 145 cm³/mol. The summed E-state index contributed by atoms with van der Waals surface area (Å²) in [4.78, 5) is 11.9. The molecule has 0 bridgehead atoms. The van der Waals surface area contributed by atoms with Crippen molar-refractivity contribution in [2.24, 2.45) is 0 Å². The number of hydrogen-bond donors (Lipinski definition) is 5. The monoisotopic (exact) mass is 583 g/mol. The van der Waals surface area contributed by atoms with Crippen LogP contribution in [-0.2, 0) is 27.9 Å². The molecule has 1 heterocycles. The topological polar surface area (TPSA) is 172 Å². The molecule has 0 aromatic carbocycles. The summed E-state index contributed by atoms with van der Waals surface area (Å²) in [5.74, 6) is -0.425. The molecule has 1 saturated heterocycles. The molecule has 1 fully saturated rings. The average molecular weight is 584 g/mol. The average Bonchev–Trinajstić information content (AvgIpc) is 2.93. The number of rotatable bonds is 24. The summed E-state index contributed by atoms with van der Waals surface area (Å²) in [5.41, 5.74) is 0. The van der Waals surface area contributed by atoms with Gasteiger partial charge in [0.1, 0.15) is 43.7 Å². The standard InChI is InChI=1S/C27H52O11P/c1-2-3-4-5-6-7-8-9-10-11-12-13-14-15-16-17-23(30)35-19-21(29)20-36-39(34)38-27-26(33)25(32)24(31)22(18-28)37-27/h21-22,24-29,31-33H,2-20H2,1H3/q+1/t21-,22-,24-,25+,26-,27+/m1/s1. The molecule has 7 atom stereocenters. The van der Waals surface area contributed by atoms with Crippen molar-refractivity contribution in [3.05, 3.63) is 0 Å². The molecule has 1 unspecified atom stereocenters. The van der Waals surface area contributed by atoms with E-state index in [1.54, 1.807) is 0 Å². The molecule has 1 aliphatic rings. The van der Waals surface area contributed by atoms with Crippen LogP contribution in [-0.4, -0.2) is 88.1 Å². The van der Waals surface area contributed by atoms with Crippen molar-refractivity contribution in [1.29, 1.82) is 0 Å². The summed E-state index contributed by atoms with van der Waals surface area (Å²) in [5, 5.41) is 48.3. The van der Waals surface area contributed by atoms with Crippen molar-refractivity contribution in [3.8, 4) is 0 Å². The van der Waals surface area contributed by atoms with Gasteiger partial charge in [0, 0.05) is 11.0 Å². The van der Waals surface area contributed by atoms with E-state index in [0.29, 0.717) is 0 Å². The minimum atomic E-state index is -2.88. The van der Waals surface area contributed by atoms with Crippen LogP contribution in [0.5, 0.6) is 0 Å². The molecule has 230 valence electrons. The summed E-state index contributed by atoms with van der Waals surface area (Å²) in [6, 6.07) is 0. The Bertz CT molecular complexity index is 637. The van der Waals surface area contributed by atoms with E-state index < -0.39 is 64.2 Å². The Balaban J connectivity index is 1.98. The van der Waals surface area contributed by atoms with E-state index in [4.69, 9.17) is 23.6 Å². The highest BCUT2D eigenvalue weighted by Gasteiger charge is 2.48. The molecule has 0 radical (unpaired) electrons. The first kappa shape index (κ1) is 36.3. The molecule has 0 aliphatic carbocycles. The number of carbonyl (C=O) groups excluding carboxylic acids is 1. The minimum absolute atomic E-state index is 0.264. The third kappa shape index (κ3) is 17.0. The molecular weight excluding hydrogens is 531 g/mol. The molecule has 1 rings (SSSR count). The van der Waals surface area contributed by atoms with Crippen LogP contribution in [0.1, 0.15) is 110 Å². The molecule has 1 aliphatic heterocycles. The molecule has 0 amide bonds. The van der Waals surface area contributed by atoms with Gasteiger partial charge in [0.15, 0.2) is 0 Å². The maximum Gasteiger partial charge on any atom is 0.700 e. The van der Waals surface area contributed by atoms with Gasteiger partial charge in [-0.2, -0.15) is 0 Å². The van der Waals surface area contributed by atoms with Gasteiger partial charge in [-0.1, -0.05) is 101 Å². The Morgan fingerprint density at radius 1 is 0.795 bits per heavy atom. The lowest BCUT2D eigenvalue weighted by Gasteiger charge is -2.37. The van der Waals surface area contributed by atoms with Crippen LogP contribution in [0.2, 0.25) is 0 Å². The van der Waals surface area contributed by atoms with Crippen LogP contribution in [0.4, 0.5) is 0 Å². The molecule has 0 aromatic rings. The first-order chi connectivity index (χ1) is 18.8. The van der Waals surface area contributed by atoms with Gasteiger partial charge >= 0.3 is 14.2 Å². The fourth-order valence-electron chi connectivity index (χ4n) is 4.37. The maximum absolute atomic E-state index is 11.9. The number of ether oxygens (including phenoxy) is 2. The normalized spacial score (nSPS) is 24.5. The van der Waals surface area contributed by atoms with E-state index in [1.165, 1.54) is 77.0 Å². The first-order valence-electron chi connectivity index (χ1n) is 14.7. The molecule has 12 heteroatoms. The Morgan fingerprint density at radius 3 is 1.82 bits per heavy atom. The summed E-state index contributed by atoms with van der Waals surface area (Å²) in [6.07, 6.45) is 9.80. The number of carbonyl (C=O) groups is 1. The number of aliphatic hydroxyl groups is 5. The van der Waals surface area contributed by atoms with Crippen LogP contribution in [0.15, 0.2) is 0 Å². The lowest BCUT2D eigenvalue weighted by molar-refractivity contribution is -0.278. The van der Waals surface area contributed by atoms with Crippen LogP contribution in [0.3, 0.4) is 0 Å². The van der Waals surface area contributed by atoms with Gasteiger partial charge in [-0.15, -0.1) is 4.52 Å². The molecule has 0 spiro atoms. The molecule has 11 nitrogen and oxygen atoms in total. The van der Waals surface area contributed by atoms with Gasteiger partial charge in [-0.3, -0.25) is 4.79 Å². The van der Waals surface area contributed by atoms with Gasteiger partial charge in [0.2, 0.25) is 6.29 Å². The highest BCUT2D eigenvalue weighted by Crippen LogP contribution is 2.32. The number of unbranched alkanes of at least 4 members (excludes halogenated alkanes) is 14. The van der Waals surface area contributed by atoms with E-state index in [-0.39, 0.29) is 13.0 Å². The lowest BCUT2D eigenvalue weighted by atomic mass is 10.00. The van der Waals surface area contributed by atoms with Crippen molar-refractivity contribution >= 4 is 14.2 Å². The van der Waals surface area contributed by atoms with E-state index in [9.17, 15) is 29.8 Å². The molecule has 0 saturated carbocycles. The lowest BCUT2D eigenvalue weighted by Crippen LogP contribution is -2.58. The summed E-state index contributed by atoms with van der Waals surface area (Å²) < 4.78 is 31.8. The zero-order valence-corrected chi connectivity index (χ0v) is 24.4. The summed E-state index contributed by atoms with van der Waals surface area (Å²) in [6.45, 7) is 0.778. The molecule has 39 heavy (non-hydrogen) atoms. The van der Waals surface area contributed by atoms with E-state index >= 15 is 0 Å². The van der Waals surface area contributed by atoms with Crippen LogP contribution < -0.4 is 0 Å². The van der Waals surface area contributed by atoms with Crippen molar-refractivity contribution in [2.75, 3.05) is 19.8 Å². The first-order valence-corrected chi connectivity index (χ1v) is 15.8. The second-order valence-electron chi connectivity index (χ2n) is 10.4. The molecular formula is C27H52O11P+. The van der Waals surface area contributed by atoms with Gasteiger partial charge in [0.25, 0.3) is 0 Å². The Hall–Kier alpha value is -0.750.